The Morgan fingerprint density at radius 1 is 1.13 bits per heavy atom. The molecule has 1 aliphatic carbocycles. The minimum Gasteiger partial charge on any atom is -0.395 e. The maximum Gasteiger partial charge on any atom is 0.273 e. The predicted octanol–water partition coefficient (Wildman–Crippen LogP) is 5.80. The van der Waals surface area contributed by atoms with Crippen LogP contribution in [0.4, 0.5) is 5.69 Å². The van der Waals surface area contributed by atoms with Crippen LogP contribution in [0.1, 0.15) is 89.5 Å². The Hall–Kier alpha value is -2.95. The van der Waals surface area contributed by atoms with Crippen molar-refractivity contribution in [1.82, 2.24) is 19.9 Å². The second kappa shape index (κ2) is 12.5. The summed E-state index contributed by atoms with van der Waals surface area (Å²) in [6, 6.07) is 9.77. The zero-order valence-corrected chi connectivity index (χ0v) is 24.7. The second-order valence-corrected chi connectivity index (χ2v) is 13.0. The van der Waals surface area contributed by atoms with Crippen LogP contribution < -0.4 is 16.4 Å². The lowest BCUT2D eigenvalue weighted by atomic mass is 9.95. The SMILES string of the molecule is CC(C)(C)NC(=O)[C@@H](c1ccc(Cl)cc1)N(Cc1cccs1)C(=O)c1snc(C(=O)NC2CCCCC2)c1N. The van der Waals surface area contributed by atoms with E-state index in [0.717, 1.165) is 42.1 Å². The van der Waals surface area contributed by atoms with Gasteiger partial charge in [0.05, 0.1) is 12.2 Å². The predicted molar refractivity (Wildman–Crippen MR) is 157 cm³/mol. The van der Waals surface area contributed by atoms with E-state index >= 15 is 0 Å². The Labute approximate surface area is 242 Å². The molecule has 2 heterocycles. The summed E-state index contributed by atoms with van der Waals surface area (Å²) in [5.41, 5.74) is 6.53. The largest absolute Gasteiger partial charge is 0.395 e. The van der Waals surface area contributed by atoms with Gasteiger partial charge in [0, 0.05) is 21.5 Å². The zero-order valence-electron chi connectivity index (χ0n) is 22.3. The highest BCUT2D eigenvalue weighted by atomic mass is 35.5. The van der Waals surface area contributed by atoms with Crippen molar-refractivity contribution in [3.63, 3.8) is 0 Å². The number of nitrogen functional groups attached to an aromatic ring is 1. The van der Waals surface area contributed by atoms with E-state index in [1.807, 2.05) is 38.3 Å². The molecule has 0 unspecified atom stereocenters. The van der Waals surface area contributed by atoms with Gasteiger partial charge in [0.2, 0.25) is 5.91 Å². The number of benzene rings is 1. The molecule has 1 aliphatic rings. The number of aromatic nitrogens is 1. The number of rotatable bonds is 8. The van der Waals surface area contributed by atoms with Gasteiger partial charge in [0.15, 0.2) is 5.69 Å². The van der Waals surface area contributed by atoms with Crippen molar-refractivity contribution in [3.05, 3.63) is 67.8 Å². The first-order valence-electron chi connectivity index (χ1n) is 13.0. The van der Waals surface area contributed by atoms with Gasteiger partial charge in [-0.2, -0.15) is 4.37 Å². The van der Waals surface area contributed by atoms with Crippen LogP contribution in [0.3, 0.4) is 0 Å². The second-order valence-electron chi connectivity index (χ2n) is 10.8. The number of halogens is 1. The molecule has 1 aromatic carbocycles. The molecule has 2 aromatic heterocycles. The monoisotopic (exact) mass is 587 g/mol. The molecule has 1 fully saturated rings. The molecule has 3 amide bonds. The third-order valence-electron chi connectivity index (χ3n) is 6.49. The van der Waals surface area contributed by atoms with E-state index < -0.39 is 17.5 Å². The fourth-order valence-corrected chi connectivity index (χ4v) is 6.24. The first-order valence-corrected chi connectivity index (χ1v) is 15.0. The van der Waals surface area contributed by atoms with E-state index in [0.29, 0.717) is 10.6 Å². The summed E-state index contributed by atoms with van der Waals surface area (Å²) < 4.78 is 4.27. The average Bonchev–Trinajstić information content (AvgIpc) is 3.53. The fraction of sp³-hybridized carbons (Fsp3) is 0.429. The topological polar surface area (TPSA) is 117 Å². The van der Waals surface area contributed by atoms with Crippen molar-refractivity contribution >= 4 is 57.9 Å². The summed E-state index contributed by atoms with van der Waals surface area (Å²) in [5, 5.41) is 8.46. The van der Waals surface area contributed by atoms with Gasteiger partial charge < -0.3 is 21.3 Å². The molecular formula is C28H34ClN5O3S2. The lowest BCUT2D eigenvalue weighted by Gasteiger charge is -2.33. The van der Waals surface area contributed by atoms with Gasteiger partial charge in [0.1, 0.15) is 10.9 Å². The Bertz CT molecular complexity index is 1300. The van der Waals surface area contributed by atoms with Gasteiger partial charge in [-0.25, -0.2) is 0 Å². The number of hydrogen-bond donors (Lipinski definition) is 3. The van der Waals surface area contributed by atoms with Crippen LogP contribution in [0.15, 0.2) is 41.8 Å². The van der Waals surface area contributed by atoms with Crippen molar-refractivity contribution in [2.45, 2.75) is 77.0 Å². The van der Waals surface area contributed by atoms with E-state index in [4.69, 9.17) is 17.3 Å². The fourth-order valence-electron chi connectivity index (χ4n) is 4.65. The summed E-state index contributed by atoms with van der Waals surface area (Å²) in [5.74, 6) is -1.19. The molecule has 4 rings (SSSR count). The molecule has 0 bridgehead atoms. The number of thiophene rings is 1. The first-order chi connectivity index (χ1) is 18.5. The summed E-state index contributed by atoms with van der Waals surface area (Å²) >= 11 is 8.50. The third kappa shape index (κ3) is 7.38. The molecule has 0 aliphatic heterocycles. The molecule has 0 radical (unpaired) electrons. The van der Waals surface area contributed by atoms with Gasteiger partial charge in [-0.15, -0.1) is 11.3 Å². The lowest BCUT2D eigenvalue weighted by Crippen LogP contribution is -2.49. The molecule has 8 nitrogen and oxygen atoms in total. The van der Waals surface area contributed by atoms with Gasteiger partial charge in [0.25, 0.3) is 11.8 Å². The van der Waals surface area contributed by atoms with Gasteiger partial charge in [-0.1, -0.05) is 49.1 Å². The highest BCUT2D eigenvalue weighted by molar-refractivity contribution is 7.10. The van der Waals surface area contributed by atoms with Crippen molar-refractivity contribution in [2.24, 2.45) is 0 Å². The summed E-state index contributed by atoms with van der Waals surface area (Å²) in [6.07, 6.45) is 5.15. The number of nitrogens with one attached hydrogen (secondary N) is 2. The molecule has 39 heavy (non-hydrogen) atoms. The molecule has 11 heteroatoms. The van der Waals surface area contributed by atoms with E-state index in [-0.39, 0.29) is 40.7 Å². The highest BCUT2D eigenvalue weighted by Crippen LogP contribution is 2.32. The van der Waals surface area contributed by atoms with Crippen LogP contribution in [-0.2, 0) is 11.3 Å². The van der Waals surface area contributed by atoms with Crippen molar-refractivity contribution < 1.29 is 14.4 Å². The van der Waals surface area contributed by atoms with Gasteiger partial charge in [-0.3, -0.25) is 14.4 Å². The maximum atomic E-state index is 14.2. The molecule has 208 valence electrons. The van der Waals surface area contributed by atoms with Crippen LogP contribution in [0.25, 0.3) is 0 Å². The van der Waals surface area contributed by atoms with Gasteiger partial charge in [-0.05, 0) is 74.3 Å². The van der Waals surface area contributed by atoms with Gasteiger partial charge >= 0.3 is 0 Å². The molecule has 0 spiro atoms. The Morgan fingerprint density at radius 3 is 2.44 bits per heavy atom. The van der Waals surface area contributed by atoms with Crippen LogP contribution >= 0.6 is 34.5 Å². The number of hydrogen-bond acceptors (Lipinski definition) is 7. The molecule has 1 atom stereocenters. The first kappa shape index (κ1) is 29.0. The number of carbonyl (C=O) groups excluding carboxylic acids is 3. The Balaban J connectivity index is 1.70. The minimum absolute atomic E-state index is 0.0283. The lowest BCUT2D eigenvalue weighted by molar-refractivity contribution is -0.127. The molecule has 0 saturated heterocycles. The molecule has 1 saturated carbocycles. The summed E-state index contributed by atoms with van der Waals surface area (Å²) in [7, 11) is 0. The van der Waals surface area contributed by atoms with E-state index in [2.05, 4.69) is 15.0 Å². The van der Waals surface area contributed by atoms with E-state index in [1.165, 1.54) is 22.7 Å². The summed E-state index contributed by atoms with van der Waals surface area (Å²) in [4.78, 5) is 43.4. The number of nitrogens with zero attached hydrogens (tertiary/aromatic N) is 2. The normalized spacial score (nSPS) is 15.0. The number of anilines is 1. The van der Waals surface area contributed by atoms with E-state index in [1.54, 1.807) is 24.3 Å². The maximum absolute atomic E-state index is 14.2. The van der Waals surface area contributed by atoms with Crippen LogP contribution in [0, 0.1) is 0 Å². The summed E-state index contributed by atoms with van der Waals surface area (Å²) in [6.45, 7) is 5.82. The van der Waals surface area contributed by atoms with Crippen molar-refractivity contribution in [3.8, 4) is 0 Å². The Kier molecular flexibility index (Phi) is 9.30. The van der Waals surface area contributed by atoms with E-state index in [9.17, 15) is 14.4 Å². The number of nitrogens with two attached hydrogens (primary N) is 1. The molecular weight excluding hydrogens is 554 g/mol. The minimum atomic E-state index is -0.975. The van der Waals surface area contributed by atoms with Crippen molar-refractivity contribution in [2.75, 3.05) is 5.73 Å². The van der Waals surface area contributed by atoms with Crippen LogP contribution in [-0.4, -0.2) is 38.6 Å². The Morgan fingerprint density at radius 2 is 1.82 bits per heavy atom. The standard InChI is InChI=1S/C28H34ClN5O3S2/c1-28(2,3)32-26(36)23(17-11-13-18(29)14-12-17)34(16-20-10-7-15-38-20)27(37)24-21(30)22(33-39-24)25(35)31-19-8-5-4-6-9-19/h7,10-15,19,23H,4-6,8-9,16,30H2,1-3H3,(H,31,35)(H,32,36)/t23-/m1/s1. The quantitative estimate of drug-likeness (QED) is 0.308. The highest BCUT2D eigenvalue weighted by Gasteiger charge is 2.36. The molecule has 3 aromatic rings. The third-order valence-corrected chi connectivity index (χ3v) is 8.45. The van der Waals surface area contributed by atoms with Crippen LogP contribution in [0.2, 0.25) is 5.02 Å². The van der Waals surface area contributed by atoms with Crippen LogP contribution in [0.5, 0.6) is 0 Å². The molecule has 4 N–H and O–H groups in total. The average molecular weight is 588 g/mol. The number of amides is 3. The van der Waals surface area contributed by atoms with Crippen molar-refractivity contribution in [1.29, 1.82) is 0 Å². The number of carbonyl (C=O) groups is 3. The zero-order chi connectivity index (χ0) is 28.2. The smallest absolute Gasteiger partial charge is 0.273 e.